The van der Waals surface area contributed by atoms with Crippen LogP contribution in [0.5, 0.6) is 0 Å². The summed E-state index contributed by atoms with van der Waals surface area (Å²) in [7, 11) is 0. The van der Waals surface area contributed by atoms with Crippen LogP contribution in [0, 0.1) is 5.92 Å². The number of halogens is 3. The summed E-state index contributed by atoms with van der Waals surface area (Å²) in [6, 6.07) is 8.18. The maximum absolute atomic E-state index is 13.5. The average Bonchev–Trinajstić information content (AvgIpc) is 3.39. The van der Waals surface area contributed by atoms with Crippen LogP contribution in [-0.4, -0.2) is 22.0 Å². The van der Waals surface area contributed by atoms with Crippen LogP contribution in [-0.2, 0) is 15.8 Å². The normalized spacial score (nSPS) is 23.6. The molecule has 1 fully saturated rings. The van der Waals surface area contributed by atoms with Gasteiger partial charge in [0.25, 0.3) is 0 Å². The van der Waals surface area contributed by atoms with Gasteiger partial charge in [-0.15, -0.1) is 11.3 Å². The fourth-order valence-corrected chi connectivity index (χ4v) is 7.40. The van der Waals surface area contributed by atoms with Crippen molar-refractivity contribution in [1.82, 2.24) is 4.98 Å². The van der Waals surface area contributed by atoms with E-state index in [1.807, 2.05) is 5.38 Å². The highest BCUT2D eigenvalue weighted by atomic mass is 32.2. The number of carbonyl (C=O) groups excluding carboxylic acids is 2. The molecule has 0 radical (unpaired) electrons. The minimum atomic E-state index is -4.71. The number of thioether (sulfide) groups is 1. The second-order valence-electron chi connectivity index (χ2n) is 6.79. The van der Waals surface area contributed by atoms with Gasteiger partial charge in [0.2, 0.25) is 11.8 Å². The summed E-state index contributed by atoms with van der Waals surface area (Å²) in [6.07, 6.45) is -4.71. The second-order valence-corrected chi connectivity index (χ2v) is 9.94. The molecule has 2 amide bonds. The van der Waals surface area contributed by atoms with Crippen molar-refractivity contribution in [3.05, 3.63) is 66.8 Å². The number of alkyl halides is 3. The molecule has 3 unspecified atom stereocenters. The molecule has 3 atom stereocenters. The van der Waals surface area contributed by atoms with E-state index in [1.165, 1.54) is 23.5 Å². The van der Waals surface area contributed by atoms with Crippen LogP contribution in [0.15, 0.2) is 51.6 Å². The Morgan fingerprint density at radius 2 is 1.77 bits per heavy atom. The minimum absolute atomic E-state index is 0.298. The number of hydrogen-bond donors (Lipinski definition) is 1. The molecule has 154 valence electrons. The predicted molar refractivity (Wildman–Crippen MR) is 108 cm³/mol. The molecular weight excluding hydrogens is 457 g/mol. The minimum Gasteiger partial charge on any atom is -0.307 e. The van der Waals surface area contributed by atoms with Crippen LogP contribution >= 0.6 is 34.4 Å². The average molecular weight is 469 g/mol. The number of thiophene rings is 1. The summed E-state index contributed by atoms with van der Waals surface area (Å²) >= 11 is 3.38. The Morgan fingerprint density at radius 3 is 2.47 bits per heavy atom. The van der Waals surface area contributed by atoms with E-state index in [2.05, 4.69) is 4.98 Å². The van der Waals surface area contributed by atoms with E-state index in [4.69, 9.17) is 0 Å². The van der Waals surface area contributed by atoms with Gasteiger partial charge in [-0.1, -0.05) is 41.3 Å². The van der Waals surface area contributed by atoms with E-state index in [9.17, 15) is 27.6 Å². The lowest BCUT2D eigenvalue weighted by molar-refractivity contribution is -0.137. The highest BCUT2D eigenvalue weighted by molar-refractivity contribution is 8.00. The Kier molecular flexibility index (Phi) is 4.46. The fraction of sp³-hybridized carbons (Fsp3) is 0.211. The number of rotatable bonds is 2. The van der Waals surface area contributed by atoms with E-state index >= 15 is 0 Å². The lowest BCUT2D eigenvalue weighted by Gasteiger charge is -2.28. The molecule has 1 aromatic carbocycles. The van der Waals surface area contributed by atoms with E-state index in [0.29, 0.717) is 14.8 Å². The number of fused-ring (bicyclic) bond motifs is 2. The third kappa shape index (κ3) is 2.87. The molecule has 3 aromatic rings. The zero-order valence-corrected chi connectivity index (χ0v) is 17.3. The lowest BCUT2D eigenvalue weighted by atomic mass is 9.87. The molecular formula is C19H11F3N2O3S3. The number of aromatic amines is 1. The second kappa shape index (κ2) is 6.82. The van der Waals surface area contributed by atoms with Gasteiger partial charge in [0.1, 0.15) is 5.25 Å². The Hall–Kier alpha value is -2.37. The van der Waals surface area contributed by atoms with Gasteiger partial charge < -0.3 is 4.98 Å². The number of hydrogen-bond acceptors (Lipinski definition) is 6. The van der Waals surface area contributed by atoms with Crippen LogP contribution in [0.2, 0.25) is 0 Å². The van der Waals surface area contributed by atoms with Crippen molar-refractivity contribution in [2.45, 2.75) is 22.4 Å². The number of anilines is 1. The smallest absolute Gasteiger partial charge is 0.307 e. The number of amides is 2. The summed E-state index contributed by atoms with van der Waals surface area (Å²) < 4.78 is 40.6. The number of H-pyrrole nitrogens is 1. The maximum Gasteiger partial charge on any atom is 0.418 e. The number of para-hydroxylation sites is 1. The molecule has 0 bridgehead atoms. The molecule has 2 aliphatic rings. The first-order valence-electron chi connectivity index (χ1n) is 8.74. The van der Waals surface area contributed by atoms with Crippen molar-refractivity contribution >= 4 is 51.9 Å². The number of imide groups is 1. The van der Waals surface area contributed by atoms with Gasteiger partial charge in [-0.25, -0.2) is 4.90 Å². The summed E-state index contributed by atoms with van der Waals surface area (Å²) in [5.74, 6) is -2.83. The number of nitrogens with one attached hydrogen (secondary N) is 1. The Labute approximate surface area is 179 Å². The molecule has 5 rings (SSSR count). The van der Waals surface area contributed by atoms with Gasteiger partial charge >= 0.3 is 11.0 Å². The predicted octanol–water partition coefficient (Wildman–Crippen LogP) is 4.31. The van der Waals surface area contributed by atoms with Crippen molar-refractivity contribution in [3.8, 4) is 0 Å². The molecule has 0 spiro atoms. The zero-order valence-electron chi connectivity index (χ0n) is 14.8. The molecule has 1 N–H and O–H groups in total. The molecule has 4 heterocycles. The van der Waals surface area contributed by atoms with Crippen molar-refractivity contribution in [2.75, 3.05) is 4.90 Å². The summed E-state index contributed by atoms with van der Waals surface area (Å²) in [6.45, 7) is 0. The van der Waals surface area contributed by atoms with E-state index in [1.54, 1.807) is 12.1 Å². The maximum atomic E-state index is 13.5. The number of carbonyl (C=O) groups is 2. The molecule has 0 saturated carbocycles. The summed E-state index contributed by atoms with van der Waals surface area (Å²) in [5, 5.41) is 1.40. The molecule has 1 saturated heterocycles. The van der Waals surface area contributed by atoms with Gasteiger partial charge in [-0.05, 0) is 23.6 Å². The molecule has 2 aliphatic heterocycles. The van der Waals surface area contributed by atoms with Gasteiger partial charge in [0.15, 0.2) is 0 Å². The van der Waals surface area contributed by atoms with Crippen molar-refractivity contribution in [1.29, 1.82) is 0 Å². The number of nitrogens with zero attached hydrogens (tertiary/aromatic N) is 1. The first-order valence-corrected chi connectivity index (χ1v) is 11.3. The van der Waals surface area contributed by atoms with Crippen molar-refractivity contribution < 1.29 is 22.8 Å². The van der Waals surface area contributed by atoms with Crippen LogP contribution in [0.1, 0.15) is 21.2 Å². The number of benzene rings is 1. The lowest BCUT2D eigenvalue weighted by Crippen LogP contribution is -2.33. The highest BCUT2D eigenvalue weighted by Gasteiger charge is 2.57. The van der Waals surface area contributed by atoms with Crippen molar-refractivity contribution in [3.63, 3.8) is 0 Å². The van der Waals surface area contributed by atoms with Crippen LogP contribution in [0.3, 0.4) is 0 Å². The van der Waals surface area contributed by atoms with Crippen LogP contribution in [0.4, 0.5) is 18.9 Å². The number of thiazole rings is 1. The summed E-state index contributed by atoms with van der Waals surface area (Å²) in [5.41, 5.74) is -1.50. The Bertz CT molecular complexity index is 1220. The van der Waals surface area contributed by atoms with Crippen LogP contribution in [0.25, 0.3) is 0 Å². The molecule has 30 heavy (non-hydrogen) atoms. The molecule has 11 heteroatoms. The van der Waals surface area contributed by atoms with Gasteiger partial charge in [0, 0.05) is 15.7 Å². The molecule has 2 aromatic heterocycles. The van der Waals surface area contributed by atoms with E-state index in [-0.39, 0.29) is 4.87 Å². The highest BCUT2D eigenvalue weighted by Crippen LogP contribution is 2.54. The van der Waals surface area contributed by atoms with Gasteiger partial charge in [-0.2, -0.15) is 13.2 Å². The summed E-state index contributed by atoms with van der Waals surface area (Å²) in [4.78, 5) is 43.0. The topological polar surface area (TPSA) is 70.2 Å². The fourth-order valence-electron chi connectivity index (χ4n) is 3.94. The van der Waals surface area contributed by atoms with Crippen LogP contribution < -0.4 is 9.77 Å². The third-order valence-electron chi connectivity index (χ3n) is 5.12. The zero-order chi connectivity index (χ0) is 21.2. The van der Waals surface area contributed by atoms with Crippen molar-refractivity contribution in [2.24, 2.45) is 5.92 Å². The van der Waals surface area contributed by atoms with Gasteiger partial charge in [0.05, 0.1) is 22.2 Å². The SMILES string of the molecule is O=C1C2Sc3[nH]c(=O)sc3C(c3cccs3)C2C(=O)N1c1ccccc1C(F)(F)F. The first kappa shape index (κ1) is 19.6. The Balaban J connectivity index is 1.66. The quantitative estimate of drug-likeness (QED) is 0.569. The monoisotopic (exact) mass is 468 g/mol. The van der Waals surface area contributed by atoms with Gasteiger partial charge in [-0.3, -0.25) is 14.4 Å². The van der Waals surface area contributed by atoms with E-state index in [0.717, 1.165) is 40.1 Å². The first-order chi connectivity index (χ1) is 14.3. The van der Waals surface area contributed by atoms with E-state index < -0.39 is 46.3 Å². The number of aromatic nitrogens is 1. The molecule has 0 aliphatic carbocycles. The Morgan fingerprint density at radius 1 is 1.00 bits per heavy atom. The largest absolute Gasteiger partial charge is 0.418 e. The molecule has 5 nitrogen and oxygen atoms in total. The standard InChI is InChI=1S/C19H11F3N2O3S3/c20-19(21,22)8-4-1-2-5-9(8)24-16(25)12-11(10-6-3-7-28-10)13-15(23-18(27)30-13)29-14(12)17(24)26/h1-7,11-12,14H,(H,23,27). The third-order valence-corrected chi connectivity index (χ3v) is 8.48.